The van der Waals surface area contributed by atoms with Crippen LogP contribution in [0.4, 0.5) is 0 Å². The molecule has 1 aliphatic rings. The Hall–Kier alpha value is -2.03. The van der Waals surface area contributed by atoms with Gasteiger partial charge in [0.05, 0.1) is 13.1 Å². The van der Waals surface area contributed by atoms with E-state index in [1.54, 1.807) is 0 Å². The van der Waals surface area contributed by atoms with E-state index in [0.29, 0.717) is 12.3 Å². The first-order valence-corrected chi connectivity index (χ1v) is 9.26. The normalized spacial score (nSPS) is 21.6. The van der Waals surface area contributed by atoms with Gasteiger partial charge in [-0.1, -0.05) is 4.49 Å². The number of hydrogen-bond donors (Lipinski definition) is 3. The molecular formula is C17H23N4O3S+. The molecule has 1 saturated heterocycles. The number of carbonyl (C=O) groups excluding carboxylic acids is 1. The lowest BCUT2D eigenvalue weighted by molar-refractivity contribution is -0.908. The molecule has 1 aliphatic heterocycles. The van der Waals surface area contributed by atoms with E-state index >= 15 is 0 Å². The van der Waals surface area contributed by atoms with Crippen molar-refractivity contribution in [3.63, 3.8) is 0 Å². The van der Waals surface area contributed by atoms with Crippen molar-refractivity contribution in [3.8, 4) is 17.0 Å². The summed E-state index contributed by atoms with van der Waals surface area (Å²) < 4.78 is 9.52. The monoisotopic (exact) mass is 363 g/mol. The molecule has 0 spiro atoms. The summed E-state index contributed by atoms with van der Waals surface area (Å²) >= 11 is 1.32. The number of likely N-dealkylation sites (tertiary alicyclic amines) is 1. The average Bonchev–Trinajstić information content (AvgIpc) is 3.15. The molecule has 0 unspecified atom stereocenters. The van der Waals surface area contributed by atoms with Gasteiger partial charge in [0.1, 0.15) is 30.7 Å². The van der Waals surface area contributed by atoms with Crippen LogP contribution in [0, 0.1) is 5.92 Å². The van der Waals surface area contributed by atoms with Gasteiger partial charge in [-0.05, 0) is 35.8 Å². The summed E-state index contributed by atoms with van der Waals surface area (Å²) in [5.74, 6) is 0.497. The van der Waals surface area contributed by atoms with E-state index < -0.39 is 6.10 Å². The van der Waals surface area contributed by atoms with Crippen LogP contribution in [-0.2, 0) is 4.79 Å². The number of primary amides is 1. The van der Waals surface area contributed by atoms with Crippen LogP contribution in [0.1, 0.15) is 12.8 Å². The summed E-state index contributed by atoms with van der Waals surface area (Å²) in [6.07, 6.45) is 1.05. The van der Waals surface area contributed by atoms with Crippen molar-refractivity contribution in [1.82, 2.24) is 9.59 Å². The molecule has 1 aromatic carbocycles. The minimum Gasteiger partial charge on any atom is -0.491 e. The number of aliphatic hydroxyl groups is 1. The van der Waals surface area contributed by atoms with Gasteiger partial charge in [-0.15, -0.1) is 5.10 Å². The molecule has 2 aromatic rings. The van der Waals surface area contributed by atoms with E-state index in [1.165, 1.54) is 16.4 Å². The number of aliphatic hydroxyl groups excluding tert-OH is 1. The summed E-state index contributed by atoms with van der Waals surface area (Å²) in [5, 5.41) is 16.1. The Balaban J connectivity index is 1.42. The molecule has 7 nitrogen and oxygen atoms in total. The Labute approximate surface area is 150 Å². The van der Waals surface area contributed by atoms with Crippen molar-refractivity contribution < 1.29 is 19.5 Å². The molecule has 1 aromatic heterocycles. The minimum absolute atomic E-state index is 0.0106. The highest BCUT2D eigenvalue weighted by molar-refractivity contribution is 7.03. The molecule has 4 N–H and O–H groups in total. The van der Waals surface area contributed by atoms with Gasteiger partial charge < -0.3 is 20.5 Å². The van der Waals surface area contributed by atoms with Crippen molar-refractivity contribution in [3.05, 3.63) is 29.6 Å². The maximum Gasteiger partial charge on any atom is 0.220 e. The number of hydrogen-bond acceptors (Lipinski definition) is 6. The third kappa shape index (κ3) is 4.97. The summed E-state index contributed by atoms with van der Waals surface area (Å²) in [6, 6.07) is 7.59. The standard InChI is InChI=1S/C17H22N4O3S/c18-17(23)13-5-7-21(8-6-13)9-14(22)10-24-15-3-1-12(2-4-15)16-11-25-20-19-16/h1-4,11,13-14,22H,5-10H2,(H2,18,23)/p+1/t14-/m1/s1. The molecule has 2 heterocycles. The fourth-order valence-electron chi connectivity index (χ4n) is 3.11. The van der Waals surface area contributed by atoms with Gasteiger partial charge in [-0.3, -0.25) is 4.79 Å². The second-order valence-electron chi connectivity index (χ2n) is 6.41. The second-order valence-corrected chi connectivity index (χ2v) is 7.02. The topological polar surface area (TPSA) is 103 Å². The highest BCUT2D eigenvalue weighted by Crippen LogP contribution is 2.21. The maximum absolute atomic E-state index is 11.2. The molecular weight excluding hydrogens is 340 g/mol. The predicted molar refractivity (Wildman–Crippen MR) is 94.3 cm³/mol. The minimum atomic E-state index is -0.539. The number of carbonyl (C=O) groups is 1. The number of nitrogens with two attached hydrogens (primary N) is 1. The zero-order valence-electron chi connectivity index (χ0n) is 13.9. The molecule has 1 amide bonds. The summed E-state index contributed by atoms with van der Waals surface area (Å²) in [6.45, 7) is 2.59. The lowest BCUT2D eigenvalue weighted by Gasteiger charge is -2.29. The van der Waals surface area contributed by atoms with Gasteiger partial charge in [0, 0.05) is 29.7 Å². The van der Waals surface area contributed by atoms with E-state index in [-0.39, 0.29) is 18.4 Å². The first-order chi connectivity index (χ1) is 12.1. The number of benzene rings is 1. The van der Waals surface area contributed by atoms with Gasteiger partial charge in [-0.2, -0.15) is 0 Å². The SMILES string of the molecule is NC(=O)C1CC[NH+](C[C@@H](O)COc2ccc(-c3csnn3)cc2)CC1. The van der Waals surface area contributed by atoms with Crippen molar-refractivity contribution >= 4 is 17.4 Å². The average molecular weight is 363 g/mol. The summed E-state index contributed by atoms with van der Waals surface area (Å²) in [7, 11) is 0. The first-order valence-electron chi connectivity index (χ1n) is 8.43. The molecule has 25 heavy (non-hydrogen) atoms. The number of quaternary nitrogens is 1. The zero-order valence-corrected chi connectivity index (χ0v) is 14.7. The Bertz CT molecular complexity index is 670. The van der Waals surface area contributed by atoms with Crippen LogP contribution in [0.5, 0.6) is 5.75 Å². The van der Waals surface area contributed by atoms with Crippen molar-refractivity contribution in [1.29, 1.82) is 0 Å². The van der Waals surface area contributed by atoms with E-state index in [2.05, 4.69) is 9.59 Å². The van der Waals surface area contributed by atoms with E-state index in [9.17, 15) is 9.90 Å². The van der Waals surface area contributed by atoms with Gasteiger partial charge in [0.2, 0.25) is 5.91 Å². The van der Waals surface area contributed by atoms with Crippen LogP contribution in [0.25, 0.3) is 11.3 Å². The Kier molecular flexibility index (Phi) is 5.95. The maximum atomic E-state index is 11.2. The van der Waals surface area contributed by atoms with Crippen molar-refractivity contribution in [2.45, 2.75) is 18.9 Å². The largest absolute Gasteiger partial charge is 0.491 e. The highest BCUT2D eigenvalue weighted by atomic mass is 32.1. The number of rotatable bonds is 7. The summed E-state index contributed by atoms with van der Waals surface area (Å²) in [5.41, 5.74) is 7.18. The molecule has 0 bridgehead atoms. The molecule has 134 valence electrons. The second kappa shape index (κ2) is 8.37. The number of piperidine rings is 1. The third-order valence-corrected chi connectivity index (χ3v) is 5.08. The predicted octanol–water partition coefficient (Wildman–Crippen LogP) is -0.275. The summed E-state index contributed by atoms with van der Waals surface area (Å²) in [4.78, 5) is 12.5. The lowest BCUT2D eigenvalue weighted by Crippen LogP contribution is -3.14. The molecule has 1 fully saturated rings. The molecule has 8 heteroatoms. The van der Waals surface area contributed by atoms with E-state index in [1.807, 2.05) is 29.6 Å². The van der Waals surface area contributed by atoms with Crippen LogP contribution >= 0.6 is 11.5 Å². The number of nitrogens with zero attached hydrogens (tertiary/aromatic N) is 2. The molecule has 0 saturated carbocycles. The molecule has 3 rings (SSSR count). The smallest absolute Gasteiger partial charge is 0.220 e. The van der Waals surface area contributed by atoms with Crippen LogP contribution < -0.4 is 15.4 Å². The van der Waals surface area contributed by atoms with Gasteiger partial charge in [0.25, 0.3) is 0 Å². The highest BCUT2D eigenvalue weighted by Gasteiger charge is 2.27. The Morgan fingerprint density at radius 3 is 2.68 bits per heavy atom. The molecule has 1 atom stereocenters. The number of aromatic nitrogens is 2. The fraction of sp³-hybridized carbons (Fsp3) is 0.471. The van der Waals surface area contributed by atoms with Gasteiger partial charge in [-0.25, -0.2) is 0 Å². The van der Waals surface area contributed by atoms with Crippen molar-refractivity contribution in [2.75, 3.05) is 26.2 Å². The Morgan fingerprint density at radius 2 is 2.08 bits per heavy atom. The van der Waals surface area contributed by atoms with E-state index in [4.69, 9.17) is 10.5 Å². The van der Waals surface area contributed by atoms with Gasteiger partial charge in [0.15, 0.2) is 0 Å². The van der Waals surface area contributed by atoms with Crippen LogP contribution in [0.3, 0.4) is 0 Å². The number of amides is 1. The molecule has 0 aliphatic carbocycles. The molecule has 0 radical (unpaired) electrons. The van der Waals surface area contributed by atoms with Crippen LogP contribution in [-0.4, -0.2) is 52.9 Å². The fourth-order valence-corrected chi connectivity index (χ4v) is 3.58. The van der Waals surface area contributed by atoms with Crippen LogP contribution in [0.2, 0.25) is 0 Å². The zero-order chi connectivity index (χ0) is 17.6. The van der Waals surface area contributed by atoms with E-state index in [0.717, 1.165) is 37.2 Å². The Morgan fingerprint density at radius 1 is 1.36 bits per heavy atom. The van der Waals surface area contributed by atoms with Crippen molar-refractivity contribution in [2.24, 2.45) is 11.7 Å². The lowest BCUT2D eigenvalue weighted by atomic mass is 9.96. The van der Waals surface area contributed by atoms with Crippen LogP contribution in [0.15, 0.2) is 29.6 Å². The number of nitrogens with one attached hydrogen (secondary N) is 1. The number of ether oxygens (including phenoxy) is 1. The third-order valence-electron chi connectivity index (χ3n) is 4.57. The first kappa shape index (κ1) is 17.8. The van der Waals surface area contributed by atoms with Gasteiger partial charge >= 0.3 is 0 Å². The quantitative estimate of drug-likeness (QED) is 0.628.